The summed E-state index contributed by atoms with van der Waals surface area (Å²) in [6, 6.07) is 10.2. The van der Waals surface area contributed by atoms with Gasteiger partial charge in [-0.1, -0.05) is 11.6 Å². The van der Waals surface area contributed by atoms with Crippen LogP contribution in [-0.4, -0.2) is 34.6 Å². The molecule has 2 aliphatic rings. The van der Waals surface area contributed by atoms with Gasteiger partial charge < -0.3 is 25.8 Å². The van der Waals surface area contributed by atoms with Crippen molar-refractivity contribution in [3.63, 3.8) is 0 Å². The SMILES string of the molecule is CNC(=O)c1cc(Oc2ccc(O)c(C3C4CC43NC(=O)Nc3ccc(Cl)c(C(F)(F)F)c3)c2)ccn1. The first kappa shape index (κ1) is 24.7. The number of fused-ring (bicyclic) bond motifs is 1. The molecule has 3 amide bonds. The molecule has 1 aromatic heterocycles. The van der Waals surface area contributed by atoms with Crippen LogP contribution in [0.25, 0.3) is 0 Å². The first-order chi connectivity index (χ1) is 17.5. The average Bonchev–Trinajstić information content (AvgIpc) is 3.71. The molecule has 8 nitrogen and oxygen atoms in total. The Labute approximate surface area is 213 Å². The van der Waals surface area contributed by atoms with Crippen LogP contribution in [0.1, 0.15) is 34.0 Å². The maximum Gasteiger partial charge on any atom is 0.417 e. The van der Waals surface area contributed by atoms with Crippen LogP contribution in [0, 0.1) is 5.92 Å². The Morgan fingerprint density at radius 2 is 1.89 bits per heavy atom. The molecule has 3 atom stereocenters. The zero-order chi connectivity index (χ0) is 26.5. The molecular weight excluding hydrogens is 513 g/mol. The summed E-state index contributed by atoms with van der Waals surface area (Å²) in [5.74, 6) is 0.342. The van der Waals surface area contributed by atoms with Crippen LogP contribution in [-0.2, 0) is 6.18 Å². The number of nitrogens with one attached hydrogen (secondary N) is 3. The normalized spacial score (nSPS) is 21.4. The van der Waals surface area contributed by atoms with E-state index in [1.807, 2.05) is 0 Å². The number of carbonyl (C=O) groups excluding carboxylic acids is 2. The molecule has 2 aliphatic carbocycles. The number of carbonyl (C=O) groups is 2. The summed E-state index contributed by atoms with van der Waals surface area (Å²) in [4.78, 5) is 28.4. The van der Waals surface area contributed by atoms with Crippen LogP contribution in [0.15, 0.2) is 54.7 Å². The van der Waals surface area contributed by atoms with E-state index in [4.69, 9.17) is 16.3 Å². The van der Waals surface area contributed by atoms with Crippen molar-refractivity contribution in [3.05, 3.63) is 76.6 Å². The van der Waals surface area contributed by atoms with Crippen molar-refractivity contribution in [2.24, 2.45) is 5.92 Å². The van der Waals surface area contributed by atoms with Crippen molar-refractivity contribution < 1.29 is 32.6 Å². The number of amides is 3. The molecule has 0 aliphatic heterocycles. The Morgan fingerprint density at radius 3 is 2.59 bits per heavy atom. The highest BCUT2D eigenvalue weighted by Crippen LogP contribution is 2.77. The molecule has 2 fully saturated rings. The largest absolute Gasteiger partial charge is 0.508 e. The van der Waals surface area contributed by atoms with E-state index in [-0.39, 0.29) is 34.9 Å². The van der Waals surface area contributed by atoms with Crippen LogP contribution in [0.5, 0.6) is 17.2 Å². The number of rotatable bonds is 6. The van der Waals surface area contributed by atoms with E-state index in [9.17, 15) is 27.9 Å². The van der Waals surface area contributed by atoms with Gasteiger partial charge in [0.05, 0.1) is 16.1 Å². The fraction of sp³-hybridized carbons (Fsp3) is 0.240. The second-order valence-corrected chi connectivity index (χ2v) is 9.29. The molecule has 192 valence electrons. The monoisotopic (exact) mass is 532 g/mol. The number of urea groups is 1. The molecule has 0 radical (unpaired) electrons. The maximum absolute atomic E-state index is 13.1. The van der Waals surface area contributed by atoms with Crippen LogP contribution in [0.2, 0.25) is 5.02 Å². The summed E-state index contributed by atoms with van der Waals surface area (Å²) in [5.41, 5.74) is -0.938. The van der Waals surface area contributed by atoms with Crippen LogP contribution in [0.4, 0.5) is 23.7 Å². The first-order valence-electron chi connectivity index (χ1n) is 11.2. The van der Waals surface area contributed by atoms with Crippen molar-refractivity contribution in [2.45, 2.75) is 24.1 Å². The van der Waals surface area contributed by atoms with Crippen molar-refractivity contribution in [3.8, 4) is 17.2 Å². The Bertz CT molecular complexity index is 1420. The minimum Gasteiger partial charge on any atom is -0.508 e. The number of hydrogen-bond donors (Lipinski definition) is 4. The number of benzene rings is 2. The van der Waals surface area contributed by atoms with Gasteiger partial charge in [-0.05, 0) is 54.8 Å². The van der Waals surface area contributed by atoms with Crippen LogP contribution >= 0.6 is 11.6 Å². The van der Waals surface area contributed by atoms with Crippen molar-refractivity contribution in [2.75, 3.05) is 12.4 Å². The van der Waals surface area contributed by atoms with E-state index in [1.165, 1.54) is 31.4 Å². The highest BCUT2D eigenvalue weighted by Gasteiger charge is 2.80. The van der Waals surface area contributed by atoms with Gasteiger partial charge in [0.25, 0.3) is 5.91 Å². The van der Waals surface area contributed by atoms with Gasteiger partial charge in [0.15, 0.2) is 0 Å². The summed E-state index contributed by atoms with van der Waals surface area (Å²) in [7, 11) is 1.49. The number of ether oxygens (including phenoxy) is 1. The second-order valence-electron chi connectivity index (χ2n) is 8.88. The molecule has 2 aromatic carbocycles. The summed E-state index contributed by atoms with van der Waals surface area (Å²) in [5, 5.41) is 17.7. The highest BCUT2D eigenvalue weighted by atomic mass is 35.5. The van der Waals surface area contributed by atoms with E-state index < -0.39 is 28.3 Å². The average molecular weight is 533 g/mol. The van der Waals surface area contributed by atoms with Gasteiger partial charge in [-0.3, -0.25) is 9.78 Å². The van der Waals surface area contributed by atoms with Gasteiger partial charge in [-0.15, -0.1) is 0 Å². The van der Waals surface area contributed by atoms with Gasteiger partial charge >= 0.3 is 12.2 Å². The number of nitrogens with zero attached hydrogens (tertiary/aromatic N) is 1. The minimum absolute atomic E-state index is 0.0273. The zero-order valence-electron chi connectivity index (χ0n) is 19.2. The highest BCUT2D eigenvalue weighted by molar-refractivity contribution is 6.31. The lowest BCUT2D eigenvalue weighted by molar-refractivity contribution is -0.137. The lowest BCUT2D eigenvalue weighted by Gasteiger charge is -2.17. The molecular formula is C25H20ClF3N4O4. The van der Waals surface area contributed by atoms with Gasteiger partial charge in [-0.25, -0.2) is 4.79 Å². The smallest absolute Gasteiger partial charge is 0.417 e. The number of halogens is 4. The van der Waals surface area contributed by atoms with Crippen molar-refractivity contribution in [1.29, 1.82) is 0 Å². The fourth-order valence-electron chi connectivity index (χ4n) is 4.53. The molecule has 37 heavy (non-hydrogen) atoms. The molecule has 5 rings (SSSR count). The van der Waals surface area contributed by atoms with Gasteiger partial charge in [0.2, 0.25) is 0 Å². The minimum atomic E-state index is -4.65. The Kier molecular flexibility index (Phi) is 5.90. The van der Waals surface area contributed by atoms with E-state index >= 15 is 0 Å². The van der Waals surface area contributed by atoms with Gasteiger partial charge in [-0.2, -0.15) is 13.2 Å². The molecule has 0 saturated heterocycles. The Balaban J connectivity index is 1.27. The fourth-order valence-corrected chi connectivity index (χ4v) is 4.75. The lowest BCUT2D eigenvalue weighted by atomic mass is 9.99. The summed E-state index contributed by atoms with van der Waals surface area (Å²) < 4.78 is 45.2. The number of anilines is 1. The standard InChI is InChI=1S/C25H20ClF3N4O4/c1-30-22(35)19-10-14(6-7-31-19)37-13-3-5-20(34)15(9-13)21-17-11-24(17,21)33-23(36)32-12-2-4-18(26)16(8-12)25(27,28)29/h2-10,17,21,34H,11H2,1H3,(H,30,35)(H2,32,33,36). The van der Waals surface area contributed by atoms with Crippen molar-refractivity contribution in [1.82, 2.24) is 15.6 Å². The Morgan fingerprint density at radius 1 is 1.14 bits per heavy atom. The lowest BCUT2D eigenvalue weighted by Crippen LogP contribution is -2.36. The number of alkyl halides is 3. The van der Waals surface area contributed by atoms with Gasteiger partial charge in [0.1, 0.15) is 22.9 Å². The molecule has 4 N–H and O–H groups in total. The Hall–Kier alpha value is -3.99. The predicted molar refractivity (Wildman–Crippen MR) is 128 cm³/mol. The van der Waals surface area contributed by atoms with E-state index in [1.54, 1.807) is 18.2 Å². The number of aromatic nitrogens is 1. The molecule has 12 heteroatoms. The molecule has 2 saturated carbocycles. The van der Waals surface area contributed by atoms with E-state index in [0.29, 0.717) is 23.5 Å². The zero-order valence-corrected chi connectivity index (χ0v) is 19.9. The van der Waals surface area contributed by atoms with E-state index in [0.717, 1.165) is 12.1 Å². The second kappa shape index (κ2) is 8.84. The maximum atomic E-state index is 13.1. The van der Waals surface area contributed by atoms with Gasteiger partial charge in [0, 0.05) is 36.5 Å². The number of phenols is 1. The third-order valence-electron chi connectivity index (χ3n) is 6.54. The van der Waals surface area contributed by atoms with E-state index in [2.05, 4.69) is 20.9 Å². The van der Waals surface area contributed by atoms with Crippen LogP contribution < -0.4 is 20.7 Å². The number of phenolic OH excluding ortho intramolecular Hbond substituents is 1. The van der Waals surface area contributed by atoms with Crippen LogP contribution in [0.3, 0.4) is 0 Å². The third-order valence-corrected chi connectivity index (χ3v) is 6.87. The topological polar surface area (TPSA) is 113 Å². The molecule has 3 unspecified atom stereocenters. The number of aromatic hydroxyl groups is 1. The quantitative estimate of drug-likeness (QED) is 0.345. The molecule has 1 heterocycles. The molecule has 0 bridgehead atoms. The predicted octanol–water partition coefficient (Wildman–Crippen LogP) is 5.29. The summed E-state index contributed by atoms with van der Waals surface area (Å²) in [6.45, 7) is 0. The first-order valence-corrected chi connectivity index (χ1v) is 11.5. The summed E-state index contributed by atoms with van der Waals surface area (Å²) in [6.07, 6.45) is -2.55. The number of hydrogen-bond acceptors (Lipinski definition) is 5. The molecule has 3 aromatic rings. The summed E-state index contributed by atoms with van der Waals surface area (Å²) >= 11 is 5.63. The van der Waals surface area contributed by atoms with Crippen molar-refractivity contribution >= 4 is 29.2 Å². The number of pyridine rings is 1. The third kappa shape index (κ3) is 4.74. The molecule has 0 spiro atoms.